The molecule has 0 radical (unpaired) electrons. The van der Waals surface area contributed by atoms with E-state index in [4.69, 9.17) is 0 Å². The van der Waals surface area contributed by atoms with E-state index in [0.717, 1.165) is 6.08 Å². The molecule has 0 saturated carbocycles. The van der Waals surface area contributed by atoms with Crippen LogP contribution < -0.4 is 0 Å². The number of hydrogen-bond acceptors (Lipinski definition) is 1. The molecule has 0 bridgehead atoms. The van der Waals surface area contributed by atoms with Crippen molar-refractivity contribution in [1.82, 2.24) is 0 Å². The van der Waals surface area contributed by atoms with Crippen LogP contribution in [0.3, 0.4) is 0 Å². The Morgan fingerprint density at radius 3 is 2.45 bits per heavy atom. The van der Waals surface area contributed by atoms with Gasteiger partial charge >= 0.3 is 0 Å². The molecular weight excluding hydrogens is 211 g/mol. The summed E-state index contributed by atoms with van der Waals surface area (Å²) in [6, 6.07) is 0. The van der Waals surface area contributed by atoms with Crippen molar-refractivity contribution in [2.24, 2.45) is 0 Å². The predicted octanol–water partition coefficient (Wildman–Crippen LogP) is 2.89. The van der Waals surface area contributed by atoms with E-state index in [1.54, 1.807) is 13.0 Å². The molecule has 0 N–H and O–H groups in total. The van der Waals surface area contributed by atoms with E-state index in [0.29, 0.717) is 10.8 Å². The molecule has 3 heteroatoms. The maximum atomic E-state index is 12.7. The molecule has 0 fully saturated rings. The molecular formula is C8H8BrFO. The van der Waals surface area contributed by atoms with Crippen LogP contribution in [0.15, 0.2) is 34.6 Å². The first-order chi connectivity index (χ1) is 5.17. The number of allylic oxidation sites excluding steroid dienone is 5. The molecule has 0 aliphatic rings. The third-order valence-electron chi connectivity index (χ3n) is 1.07. The number of hydrogen-bond donors (Lipinski definition) is 0. The quantitative estimate of drug-likeness (QED) is 0.405. The maximum absolute atomic E-state index is 12.7. The highest BCUT2D eigenvalue weighted by atomic mass is 79.9. The summed E-state index contributed by atoms with van der Waals surface area (Å²) >= 11 is 3.03. The number of aldehydes is 1. The van der Waals surface area contributed by atoms with Crippen LogP contribution in [0.25, 0.3) is 0 Å². The van der Waals surface area contributed by atoms with E-state index in [9.17, 15) is 9.18 Å². The molecule has 60 valence electrons. The van der Waals surface area contributed by atoms with E-state index in [1.807, 2.05) is 0 Å². The van der Waals surface area contributed by atoms with Gasteiger partial charge in [-0.05, 0) is 13.0 Å². The van der Waals surface area contributed by atoms with Crippen LogP contribution in [-0.4, -0.2) is 6.29 Å². The van der Waals surface area contributed by atoms with Crippen molar-refractivity contribution in [3.63, 3.8) is 0 Å². The van der Waals surface area contributed by atoms with Crippen molar-refractivity contribution in [3.05, 3.63) is 34.6 Å². The van der Waals surface area contributed by atoms with Crippen molar-refractivity contribution in [2.75, 3.05) is 0 Å². The fourth-order valence-corrected chi connectivity index (χ4v) is 0.775. The van der Waals surface area contributed by atoms with Crippen LogP contribution >= 0.6 is 15.9 Å². The van der Waals surface area contributed by atoms with Crippen molar-refractivity contribution in [3.8, 4) is 0 Å². The van der Waals surface area contributed by atoms with E-state index in [2.05, 4.69) is 22.5 Å². The zero-order valence-electron chi connectivity index (χ0n) is 6.10. The molecule has 0 aromatic rings. The first-order valence-electron chi connectivity index (χ1n) is 2.97. The molecule has 0 aliphatic carbocycles. The van der Waals surface area contributed by atoms with Gasteiger partial charge in [0.05, 0.1) is 5.57 Å². The van der Waals surface area contributed by atoms with E-state index in [1.165, 1.54) is 0 Å². The van der Waals surface area contributed by atoms with Gasteiger partial charge in [-0.1, -0.05) is 28.6 Å². The number of carbonyl (C=O) groups is 1. The summed E-state index contributed by atoms with van der Waals surface area (Å²) in [4.78, 5) is 10.3. The van der Waals surface area contributed by atoms with Gasteiger partial charge < -0.3 is 0 Å². The molecule has 0 heterocycles. The summed E-state index contributed by atoms with van der Waals surface area (Å²) in [5.41, 5.74) is -0.0116. The highest BCUT2D eigenvalue weighted by Gasteiger charge is 2.04. The Morgan fingerprint density at radius 1 is 1.64 bits per heavy atom. The van der Waals surface area contributed by atoms with Gasteiger partial charge in [0.15, 0.2) is 6.29 Å². The standard InChI is InChI=1S/C8H8BrFO/c1-3-7(9)6(5-11)8(10)4-2/h3-5H,2H2,1H3/b7-3+,8-6+. The number of halogens is 2. The zero-order chi connectivity index (χ0) is 8.85. The van der Waals surface area contributed by atoms with Gasteiger partial charge in [-0.2, -0.15) is 0 Å². The summed E-state index contributed by atoms with van der Waals surface area (Å²) in [5, 5.41) is 0. The largest absolute Gasteiger partial charge is 0.298 e. The highest BCUT2D eigenvalue weighted by molar-refractivity contribution is 9.12. The second kappa shape index (κ2) is 5.02. The molecule has 0 rings (SSSR count). The highest BCUT2D eigenvalue weighted by Crippen LogP contribution is 2.19. The van der Waals surface area contributed by atoms with Crippen LogP contribution in [-0.2, 0) is 4.79 Å². The lowest BCUT2D eigenvalue weighted by atomic mass is 10.2. The molecule has 0 saturated heterocycles. The number of carbonyl (C=O) groups excluding carboxylic acids is 1. The predicted molar refractivity (Wildman–Crippen MR) is 47.1 cm³/mol. The second-order valence-electron chi connectivity index (χ2n) is 1.72. The topological polar surface area (TPSA) is 17.1 Å². The average Bonchev–Trinajstić information content (AvgIpc) is 2.05. The van der Waals surface area contributed by atoms with Crippen molar-refractivity contribution in [2.45, 2.75) is 6.92 Å². The van der Waals surface area contributed by atoms with Crippen LogP contribution in [0, 0.1) is 0 Å². The van der Waals surface area contributed by atoms with Crippen LogP contribution in [0.2, 0.25) is 0 Å². The third kappa shape index (κ3) is 2.80. The molecule has 1 nitrogen and oxygen atoms in total. The molecule has 0 aromatic heterocycles. The van der Waals surface area contributed by atoms with Gasteiger partial charge in [0.25, 0.3) is 0 Å². The molecule has 0 atom stereocenters. The summed E-state index contributed by atoms with van der Waals surface area (Å²) in [6.45, 7) is 4.90. The van der Waals surface area contributed by atoms with Gasteiger partial charge in [-0.3, -0.25) is 4.79 Å². The summed E-state index contributed by atoms with van der Waals surface area (Å²) in [5.74, 6) is -0.620. The Hall–Kier alpha value is -0.700. The molecule has 0 aromatic carbocycles. The summed E-state index contributed by atoms with van der Waals surface area (Å²) in [6.07, 6.45) is 3.03. The molecule has 0 spiro atoms. The summed E-state index contributed by atoms with van der Waals surface area (Å²) in [7, 11) is 0. The summed E-state index contributed by atoms with van der Waals surface area (Å²) < 4.78 is 13.1. The maximum Gasteiger partial charge on any atom is 0.154 e. The van der Waals surface area contributed by atoms with Crippen molar-refractivity contribution in [1.29, 1.82) is 0 Å². The molecule has 0 aliphatic heterocycles. The molecule has 0 amide bonds. The van der Waals surface area contributed by atoms with Crippen LogP contribution in [0.5, 0.6) is 0 Å². The minimum Gasteiger partial charge on any atom is -0.298 e. The van der Waals surface area contributed by atoms with Gasteiger partial charge in [-0.25, -0.2) is 4.39 Å². The Kier molecular flexibility index (Phi) is 4.70. The van der Waals surface area contributed by atoms with Gasteiger partial charge in [0.1, 0.15) is 5.83 Å². The van der Waals surface area contributed by atoms with Gasteiger partial charge in [0.2, 0.25) is 0 Å². The monoisotopic (exact) mass is 218 g/mol. The Balaban J connectivity index is 4.95. The lowest BCUT2D eigenvalue weighted by molar-refractivity contribution is -0.104. The minimum atomic E-state index is -0.620. The fourth-order valence-electron chi connectivity index (χ4n) is 0.492. The lowest BCUT2D eigenvalue weighted by Gasteiger charge is -1.95. The van der Waals surface area contributed by atoms with E-state index < -0.39 is 5.83 Å². The van der Waals surface area contributed by atoms with Gasteiger partial charge in [0, 0.05) is 4.48 Å². The van der Waals surface area contributed by atoms with E-state index in [-0.39, 0.29) is 5.57 Å². The minimum absolute atomic E-state index is 0.0116. The zero-order valence-corrected chi connectivity index (χ0v) is 7.69. The average molecular weight is 219 g/mol. The first kappa shape index (κ1) is 10.3. The molecule has 11 heavy (non-hydrogen) atoms. The van der Waals surface area contributed by atoms with Crippen LogP contribution in [0.4, 0.5) is 4.39 Å². The number of rotatable bonds is 3. The Bertz CT molecular complexity index is 228. The van der Waals surface area contributed by atoms with E-state index >= 15 is 0 Å². The van der Waals surface area contributed by atoms with Gasteiger partial charge in [-0.15, -0.1) is 0 Å². The SMILES string of the molecule is C=C/C(F)=C(C=O)\C(Br)=C/C. The Morgan fingerprint density at radius 2 is 2.18 bits per heavy atom. The third-order valence-corrected chi connectivity index (χ3v) is 1.95. The second-order valence-corrected chi connectivity index (χ2v) is 2.57. The van der Waals surface area contributed by atoms with Crippen molar-refractivity contribution < 1.29 is 9.18 Å². The fraction of sp³-hybridized carbons (Fsp3) is 0.125. The Labute approximate surface area is 73.4 Å². The smallest absolute Gasteiger partial charge is 0.154 e. The normalized spacial score (nSPS) is 13.9. The van der Waals surface area contributed by atoms with Crippen LogP contribution in [0.1, 0.15) is 6.92 Å². The first-order valence-corrected chi connectivity index (χ1v) is 3.76. The van der Waals surface area contributed by atoms with Crippen molar-refractivity contribution >= 4 is 22.2 Å². The molecule has 0 unspecified atom stereocenters. The lowest BCUT2D eigenvalue weighted by Crippen LogP contribution is -1.86.